The molecule has 0 aliphatic heterocycles. The number of benzene rings is 4. The molecule has 0 aromatic heterocycles. The maximum absolute atomic E-state index is 12.8. The Bertz CT molecular complexity index is 2200. The minimum Gasteiger partial charge on any atom is -1.00 e. The van der Waals surface area contributed by atoms with Crippen LogP contribution in [0.1, 0.15) is 122 Å². The molecule has 0 spiro atoms. The van der Waals surface area contributed by atoms with E-state index in [2.05, 4.69) is 130 Å². The van der Waals surface area contributed by atoms with Gasteiger partial charge in [-0.25, -0.2) is 6.08 Å². The monoisotopic (exact) mass is 864 g/mol. The van der Waals surface area contributed by atoms with E-state index >= 15 is 0 Å². The molecule has 1 atom stereocenters. The predicted molar refractivity (Wildman–Crippen MR) is 225 cm³/mol. The molecule has 56 heavy (non-hydrogen) atoms. The molecule has 0 N–H and O–H groups in total. The topological polar surface area (TPSA) is 0 Å². The molecule has 3 aliphatic rings. The van der Waals surface area contributed by atoms with Gasteiger partial charge in [0.15, 0.2) is 0 Å². The summed E-state index contributed by atoms with van der Waals surface area (Å²) in [4.78, 5) is 0. The molecule has 0 fully saturated rings. The van der Waals surface area contributed by atoms with E-state index in [0.29, 0.717) is 11.3 Å². The van der Waals surface area contributed by atoms with Gasteiger partial charge in [-0.2, -0.15) is 11.6 Å². The summed E-state index contributed by atoms with van der Waals surface area (Å²) < 4.78 is 26.6. The van der Waals surface area contributed by atoms with E-state index in [4.69, 9.17) is 0 Å². The second-order valence-electron chi connectivity index (χ2n) is 17.7. The number of rotatable bonds is 3. The number of fused-ring (bicyclic) bond motifs is 5. The van der Waals surface area contributed by atoms with Crippen molar-refractivity contribution in [2.24, 2.45) is 11.3 Å². The molecule has 0 nitrogen and oxygen atoms in total. The summed E-state index contributed by atoms with van der Waals surface area (Å²) >= 11 is 1.22. The van der Waals surface area contributed by atoms with Gasteiger partial charge < -0.3 is 24.8 Å². The standard InChI is InChI=1S/C27H29.C13H8F2.C11H17.2ClH.Zr/c1-16-7-9-26(3,4)24-12-18-11-19-13-25-21(17(2)8-10-27(25,5)6)15-23(19)22(18)14-20(16)24;14-12-5-1-10(2-6-12)9-11-3-7-13(15)8-4-11;1-5-9-6-7-10(8-9)11(2,3)4;;;/h7-8,11-15H,9-10H2,1-6H3;1-8H;7-9H,5H2,1-4H3;2*1H;/q-1;;-1;;;+2/p-2. The van der Waals surface area contributed by atoms with Crippen LogP contribution in [-0.4, -0.2) is 3.21 Å². The third kappa shape index (κ3) is 9.77. The van der Waals surface area contributed by atoms with Crippen LogP contribution in [0.25, 0.3) is 32.7 Å². The van der Waals surface area contributed by atoms with Crippen molar-refractivity contribution < 1.29 is 57.8 Å². The van der Waals surface area contributed by atoms with Gasteiger partial charge in [-0.05, 0) is 59.8 Å². The van der Waals surface area contributed by atoms with Crippen LogP contribution in [0.2, 0.25) is 0 Å². The number of allylic oxidation sites excluding steroid dienone is 8. The minimum atomic E-state index is -0.244. The fraction of sp³-hybridized carbons (Fsp3) is 0.333. The molecule has 0 bridgehead atoms. The van der Waals surface area contributed by atoms with Crippen molar-refractivity contribution in [2.75, 3.05) is 0 Å². The predicted octanol–water partition coefficient (Wildman–Crippen LogP) is 8.33. The third-order valence-corrected chi connectivity index (χ3v) is 13.0. The molecule has 292 valence electrons. The Labute approximate surface area is 361 Å². The maximum Gasteiger partial charge on any atom is -1.00 e. The van der Waals surface area contributed by atoms with Gasteiger partial charge in [-0.3, -0.25) is 6.08 Å². The van der Waals surface area contributed by atoms with E-state index in [9.17, 15) is 8.78 Å². The molecule has 3 aliphatic carbocycles. The Hall–Kier alpha value is -3.10. The zero-order valence-corrected chi connectivity index (χ0v) is 38.5. The summed E-state index contributed by atoms with van der Waals surface area (Å²) in [6.45, 7) is 23.0. The minimum absolute atomic E-state index is 0. The van der Waals surface area contributed by atoms with Gasteiger partial charge in [0.25, 0.3) is 0 Å². The van der Waals surface area contributed by atoms with Crippen LogP contribution in [0.4, 0.5) is 8.78 Å². The normalized spacial score (nSPS) is 17.4. The fourth-order valence-electron chi connectivity index (χ4n) is 7.75. The van der Waals surface area contributed by atoms with Crippen LogP contribution in [0.5, 0.6) is 0 Å². The van der Waals surface area contributed by atoms with Crippen LogP contribution in [-0.2, 0) is 35.1 Å². The molecule has 0 amide bonds. The van der Waals surface area contributed by atoms with Crippen molar-refractivity contribution in [3.63, 3.8) is 0 Å². The summed E-state index contributed by atoms with van der Waals surface area (Å²) in [6.07, 6.45) is 16.1. The average Bonchev–Trinajstić information content (AvgIpc) is 3.77. The zero-order chi connectivity index (χ0) is 39.2. The third-order valence-electron chi connectivity index (χ3n) is 11.5. The van der Waals surface area contributed by atoms with E-state index in [0.717, 1.165) is 27.2 Å². The molecule has 8 rings (SSSR count). The van der Waals surface area contributed by atoms with Crippen LogP contribution >= 0.6 is 0 Å². The molecular weight excluding hydrogens is 813 g/mol. The van der Waals surface area contributed by atoms with Crippen molar-refractivity contribution in [3.05, 3.63) is 160 Å². The SMILES string of the molecule is CC1=CCC(C)(C)c2cc3[cH-]c4cc5c(cc4c3cc21)C(C)=CCC5(C)C.CCC1[C-]=CC(C(C)(C)C)=C1.Fc1ccc([C](=[Zr+2])c2ccc(F)cc2)cc1.[Cl-].[Cl-]. The van der Waals surface area contributed by atoms with Crippen molar-refractivity contribution in [3.8, 4) is 0 Å². The molecule has 1 unspecified atom stereocenters. The smallest absolute Gasteiger partial charge is 1.00 e. The first kappa shape index (κ1) is 45.6. The van der Waals surface area contributed by atoms with Gasteiger partial charge in [0.2, 0.25) is 0 Å². The molecule has 0 saturated heterocycles. The summed E-state index contributed by atoms with van der Waals surface area (Å²) in [5, 5.41) is 5.61. The number of hydrogen-bond donors (Lipinski definition) is 0. The van der Waals surface area contributed by atoms with Crippen LogP contribution in [0, 0.1) is 29.0 Å². The van der Waals surface area contributed by atoms with E-state index in [-0.39, 0.29) is 47.3 Å². The van der Waals surface area contributed by atoms with E-state index in [1.54, 1.807) is 24.3 Å². The molecule has 5 heteroatoms. The second-order valence-corrected chi connectivity index (χ2v) is 18.9. The van der Waals surface area contributed by atoms with Gasteiger partial charge in [0.1, 0.15) is 0 Å². The molecule has 0 radical (unpaired) electrons. The van der Waals surface area contributed by atoms with Crippen LogP contribution in [0.3, 0.4) is 0 Å². The van der Waals surface area contributed by atoms with Crippen LogP contribution < -0.4 is 24.8 Å². The Morgan fingerprint density at radius 3 is 1.48 bits per heavy atom. The van der Waals surface area contributed by atoms with Gasteiger partial charge in [-0.15, -0.1) is 39.7 Å². The molecule has 0 heterocycles. The Kier molecular flexibility index (Phi) is 14.5. The van der Waals surface area contributed by atoms with Gasteiger partial charge in [0, 0.05) is 0 Å². The van der Waals surface area contributed by atoms with Gasteiger partial charge in [0.05, 0.1) is 0 Å². The second kappa shape index (κ2) is 17.8. The Morgan fingerprint density at radius 1 is 0.732 bits per heavy atom. The molecule has 0 saturated carbocycles. The van der Waals surface area contributed by atoms with Crippen molar-refractivity contribution >= 4 is 35.9 Å². The largest absolute Gasteiger partial charge is 1.00 e. The Balaban J connectivity index is 0.000000205. The zero-order valence-electron chi connectivity index (χ0n) is 34.5. The van der Waals surface area contributed by atoms with E-state index in [1.807, 2.05) is 0 Å². The fourth-order valence-corrected chi connectivity index (χ4v) is 8.57. The summed E-state index contributed by atoms with van der Waals surface area (Å²) in [7, 11) is 0. The Morgan fingerprint density at radius 2 is 1.14 bits per heavy atom. The molecular formula is C51H54Cl2F2Zr-2. The van der Waals surface area contributed by atoms with Crippen molar-refractivity contribution in [1.82, 2.24) is 0 Å². The summed E-state index contributed by atoms with van der Waals surface area (Å²) in [5.74, 6) is 0.0853. The number of halogens is 4. The molecule has 5 aromatic carbocycles. The summed E-state index contributed by atoms with van der Waals surface area (Å²) in [5.41, 5.74) is 12.9. The first-order valence-electron chi connectivity index (χ1n) is 19.4. The summed E-state index contributed by atoms with van der Waals surface area (Å²) in [6, 6.07) is 25.0. The van der Waals surface area contributed by atoms with Gasteiger partial charge >= 0.3 is 108 Å². The number of hydrogen-bond acceptors (Lipinski definition) is 0. The quantitative estimate of drug-likeness (QED) is 0.160. The van der Waals surface area contributed by atoms with Crippen LogP contribution in [0.15, 0.2) is 109 Å². The van der Waals surface area contributed by atoms with E-state index < -0.39 is 0 Å². The van der Waals surface area contributed by atoms with E-state index in [1.165, 1.54) is 115 Å². The molecule has 5 aromatic rings. The van der Waals surface area contributed by atoms with Crippen molar-refractivity contribution in [2.45, 2.75) is 99.3 Å². The first-order chi connectivity index (χ1) is 25.4. The van der Waals surface area contributed by atoms with Crippen molar-refractivity contribution in [1.29, 1.82) is 0 Å². The first-order valence-corrected chi connectivity index (χ1v) is 20.6. The van der Waals surface area contributed by atoms with Gasteiger partial charge in [-0.1, -0.05) is 109 Å². The average molecular weight is 867 g/mol. The maximum atomic E-state index is 12.8.